The highest BCUT2D eigenvalue weighted by Crippen LogP contribution is 2.36. The van der Waals surface area contributed by atoms with Crippen LogP contribution in [0.4, 0.5) is 0 Å². The molecule has 6 heteroatoms. The first-order valence-electron chi connectivity index (χ1n) is 18.7. The van der Waals surface area contributed by atoms with E-state index in [9.17, 15) is 0 Å². The molecule has 0 saturated heterocycles. The fourth-order valence-corrected chi connectivity index (χ4v) is 7.55. The van der Waals surface area contributed by atoms with Gasteiger partial charge in [0.2, 0.25) is 0 Å². The second kappa shape index (κ2) is 13.8. The maximum absolute atomic E-state index is 5.07. The van der Waals surface area contributed by atoms with E-state index in [-0.39, 0.29) is 0 Å². The van der Waals surface area contributed by atoms with Gasteiger partial charge in [-0.25, -0.2) is 15.0 Å². The molecule has 0 aliphatic heterocycles. The van der Waals surface area contributed by atoms with Gasteiger partial charge in [-0.2, -0.15) is 0 Å². The molecule has 0 aliphatic rings. The zero-order valence-corrected chi connectivity index (χ0v) is 30.8. The topological polar surface area (TPSA) is 77.3 Å². The molecule has 0 amide bonds. The zero-order chi connectivity index (χ0) is 37.6. The average Bonchev–Trinajstić information content (AvgIpc) is 3.26. The van der Waals surface area contributed by atoms with Crippen molar-refractivity contribution in [3.63, 3.8) is 0 Å². The fraction of sp³-hybridized carbons (Fsp3) is 0.0400. The van der Waals surface area contributed by atoms with E-state index in [2.05, 4.69) is 121 Å². The Kier molecular flexibility index (Phi) is 8.15. The molecule has 4 aromatic heterocycles. The summed E-state index contributed by atoms with van der Waals surface area (Å²) in [5.74, 6) is 1.85. The summed E-state index contributed by atoms with van der Waals surface area (Å²) in [5.41, 5.74) is 14.2. The number of benzene rings is 6. The quantitative estimate of drug-likeness (QED) is 0.159. The van der Waals surface area contributed by atoms with E-state index < -0.39 is 0 Å². The van der Waals surface area contributed by atoms with Crippen molar-refractivity contribution >= 4 is 32.7 Å². The summed E-state index contributed by atoms with van der Waals surface area (Å²) in [7, 11) is 0. The minimum atomic E-state index is 0.615. The van der Waals surface area contributed by atoms with E-state index in [1.165, 1.54) is 0 Å². The van der Waals surface area contributed by atoms with Crippen LogP contribution in [0.5, 0.6) is 0 Å². The highest BCUT2D eigenvalue weighted by Gasteiger charge is 2.15. The van der Waals surface area contributed by atoms with Crippen molar-refractivity contribution in [1.29, 1.82) is 0 Å². The van der Waals surface area contributed by atoms with Crippen LogP contribution in [0, 0.1) is 13.8 Å². The van der Waals surface area contributed by atoms with Crippen LogP contribution >= 0.6 is 0 Å². The standard InChI is InChI=1S/C50H34N6/c1-31-19-20-34-25-26-43-44(28-32(2)53-47(43)46(34)52-31)39-14-6-12-37(29-39)33-21-23-36(24-22-33)49-54-48(35-10-4-3-5-11-35)55-50(56-49)40-15-7-13-38(30-40)41-16-8-18-45-42(41)17-9-27-51-45/h3-30H,1-2H3. The van der Waals surface area contributed by atoms with E-state index in [0.717, 1.165) is 94.2 Å². The molecule has 0 atom stereocenters. The van der Waals surface area contributed by atoms with E-state index in [0.29, 0.717) is 17.5 Å². The molecule has 0 fully saturated rings. The predicted octanol–water partition coefficient (Wildman–Crippen LogP) is 12.1. The Balaban J connectivity index is 1.03. The molecule has 0 N–H and O–H groups in total. The van der Waals surface area contributed by atoms with Crippen LogP contribution < -0.4 is 0 Å². The number of pyridine rings is 3. The Morgan fingerprint density at radius 2 is 0.946 bits per heavy atom. The van der Waals surface area contributed by atoms with Crippen molar-refractivity contribution in [2.75, 3.05) is 0 Å². The summed E-state index contributed by atoms with van der Waals surface area (Å²) >= 11 is 0. The minimum absolute atomic E-state index is 0.615. The summed E-state index contributed by atoms with van der Waals surface area (Å²) < 4.78 is 0. The molecule has 0 unspecified atom stereocenters. The van der Waals surface area contributed by atoms with Crippen LogP contribution in [-0.2, 0) is 0 Å². The summed E-state index contributed by atoms with van der Waals surface area (Å²) in [5, 5.41) is 3.28. The normalized spacial score (nSPS) is 11.4. The van der Waals surface area contributed by atoms with Gasteiger partial charge in [0.05, 0.1) is 16.6 Å². The molecule has 0 aliphatic carbocycles. The van der Waals surface area contributed by atoms with Crippen molar-refractivity contribution in [3.8, 4) is 67.5 Å². The van der Waals surface area contributed by atoms with Crippen LogP contribution in [0.1, 0.15) is 11.4 Å². The summed E-state index contributed by atoms with van der Waals surface area (Å²) in [6.45, 7) is 4.07. The molecule has 264 valence electrons. The average molecular weight is 719 g/mol. The van der Waals surface area contributed by atoms with Gasteiger partial charge >= 0.3 is 0 Å². The molecule has 0 radical (unpaired) electrons. The van der Waals surface area contributed by atoms with Crippen LogP contribution in [0.3, 0.4) is 0 Å². The molecular formula is C50H34N6. The second-order valence-electron chi connectivity index (χ2n) is 14.1. The Hall–Kier alpha value is -7.44. The van der Waals surface area contributed by atoms with E-state index in [1.807, 2.05) is 67.7 Å². The van der Waals surface area contributed by atoms with Gasteiger partial charge in [0, 0.05) is 50.4 Å². The Morgan fingerprint density at radius 3 is 1.75 bits per heavy atom. The largest absolute Gasteiger partial charge is 0.256 e. The van der Waals surface area contributed by atoms with Gasteiger partial charge in [0.25, 0.3) is 0 Å². The number of rotatable bonds is 6. The molecule has 6 nitrogen and oxygen atoms in total. The molecule has 10 aromatic rings. The van der Waals surface area contributed by atoms with Gasteiger partial charge in [-0.15, -0.1) is 0 Å². The SMILES string of the molecule is Cc1ccc2ccc3c(-c4cccc(-c5ccc(-c6nc(-c7ccccc7)nc(-c7cccc(-c8cccc9ncccc89)c7)n6)cc5)c4)cc(C)nc3c2n1. The van der Waals surface area contributed by atoms with Crippen molar-refractivity contribution < 1.29 is 0 Å². The van der Waals surface area contributed by atoms with E-state index in [4.69, 9.17) is 24.9 Å². The van der Waals surface area contributed by atoms with Gasteiger partial charge in [-0.3, -0.25) is 15.0 Å². The lowest BCUT2D eigenvalue weighted by Crippen LogP contribution is -2.00. The number of aromatic nitrogens is 6. The lowest BCUT2D eigenvalue weighted by atomic mass is 9.95. The summed E-state index contributed by atoms with van der Waals surface area (Å²) in [4.78, 5) is 29.5. The number of nitrogens with zero attached hydrogens (tertiary/aromatic N) is 6. The van der Waals surface area contributed by atoms with Gasteiger partial charge < -0.3 is 0 Å². The predicted molar refractivity (Wildman–Crippen MR) is 228 cm³/mol. The first kappa shape index (κ1) is 33.2. The van der Waals surface area contributed by atoms with Crippen LogP contribution in [0.25, 0.3) is 100 Å². The van der Waals surface area contributed by atoms with E-state index >= 15 is 0 Å². The highest BCUT2D eigenvalue weighted by molar-refractivity contribution is 6.08. The lowest BCUT2D eigenvalue weighted by molar-refractivity contribution is 1.07. The smallest absolute Gasteiger partial charge is 0.164 e. The first-order chi connectivity index (χ1) is 27.5. The number of fused-ring (bicyclic) bond motifs is 4. The molecule has 0 spiro atoms. The summed E-state index contributed by atoms with van der Waals surface area (Å²) in [6.07, 6.45) is 1.83. The lowest BCUT2D eigenvalue weighted by Gasteiger charge is -2.12. The maximum atomic E-state index is 5.07. The molecular weight excluding hydrogens is 685 g/mol. The third kappa shape index (κ3) is 6.13. The second-order valence-corrected chi connectivity index (χ2v) is 14.1. The van der Waals surface area contributed by atoms with Crippen molar-refractivity contribution in [2.24, 2.45) is 0 Å². The molecule has 0 bridgehead atoms. The molecule has 6 aromatic carbocycles. The molecule has 56 heavy (non-hydrogen) atoms. The van der Waals surface area contributed by atoms with Gasteiger partial charge in [-0.1, -0.05) is 127 Å². The van der Waals surface area contributed by atoms with Gasteiger partial charge in [0.15, 0.2) is 17.5 Å². The van der Waals surface area contributed by atoms with Crippen molar-refractivity contribution in [3.05, 3.63) is 181 Å². The summed E-state index contributed by atoms with van der Waals surface area (Å²) in [6, 6.07) is 56.6. The number of hydrogen-bond acceptors (Lipinski definition) is 6. The van der Waals surface area contributed by atoms with Crippen molar-refractivity contribution in [1.82, 2.24) is 29.9 Å². The highest BCUT2D eigenvalue weighted by atomic mass is 15.0. The number of hydrogen-bond donors (Lipinski definition) is 0. The van der Waals surface area contributed by atoms with E-state index in [1.54, 1.807) is 0 Å². The van der Waals surface area contributed by atoms with Crippen molar-refractivity contribution in [2.45, 2.75) is 13.8 Å². The van der Waals surface area contributed by atoms with Crippen LogP contribution in [0.15, 0.2) is 170 Å². The first-order valence-corrected chi connectivity index (χ1v) is 18.7. The fourth-order valence-electron chi connectivity index (χ4n) is 7.55. The van der Waals surface area contributed by atoms with Crippen LogP contribution in [-0.4, -0.2) is 29.9 Å². The number of aryl methyl sites for hydroxylation is 2. The van der Waals surface area contributed by atoms with Gasteiger partial charge in [0.1, 0.15) is 0 Å². The third-order valence-corrected chi connectivity index (χ3v) is 10.3. The van der Waals surface area contributed by atoms with Gasteiger partial charge in [-0.05, 0) is 83.6 Å². The zero-order valence-electron chi connectivity index (χ0n) is 30.8. The monoisotopic (exact) mass is 718 g/mol. The maximum Gasteiger partial charge on any atom is 0.164 e. The minimum Gasteiger partial charge on any atom is -0.256 e. The third-order valence-electron chi connectivity index (χ3n) is 10.3. The Morgan fingerprint density at radius 1 is 0.339 bits per heavy atom. The molecule has 0 saturated carbocycles. The molecule has 4 heterocycles. The molecule has 10 rings (SSSR count). The Bertz CT molecular complexity index is 3100. The Labute approximate surface area is 324 Å². The van der Waals surface area contributed by atoms with Crippen LogP contribution in [0.2, 0.25) is 0 Å².